The minimum atomic E-state index is -0.0593. The Bertz CT molecular complexity index is 417. The van der Waals surface area contributed by atoms with Crippen LogP contribution in [0.4, 0.5) is 0 Å². The van der Waals surface area contributed by atoms with E-state index in [0.29, 0.717) is 18.4 Å². The third-order valence-electron chi connectivity index (χ3n) is 2.70. The van der Waals surface area contributed by atoms with Gasteiger partial charge in [0.25, 0.3) is 0 Å². The number of thiophene rings is 1. The van der Waals surface area contributed by atoms with Gasteiger partial charge < -0.3 is 16.0 Å². The van der Waals surface area contributed by atoms with Crippen molar-refractivity contribution in [2.24, 2.45) is 4.99 Å². The van der Waals surface area contributed by atoms with Crippen LogP contribution in [0.3, 0.4) is 0 Å². The molecule has 3 N–H and O–H groups in total. The van der Waals surface area contributed by atoms with Crippen LogP contribution in [-0.2, 0) is 4.79 Å². The van der Waals surface area contributed by atoms with E-state index in [1.165, 1.54) is 4.88 Å². The molecule has 0 aliphatic carbocycles. The van der Waals surface area contributed by atoms with Crippen molar-refractivity contribution in [1.29, 1.82) is 0 Å². The summed E-state index contributed by atoms with van der Waals surface area (Å²) in [5.41, 5.74) is 0. The van der Waals surface area contributed by atoms with Crippen molar-refractivity contribution in [1.82, 2.24) is 16.0 Å². The molecule has 0 aromatic carbocycles. The van der Waals surface area contributed by atoms with Crippen LogP contribution in [0.5, 0.6) is 0 Å². The van der Waals surface area contributed by atoms with E-state index < -0.39 is 0 Å². The molecule has 0 radical (unpaired) electrons. The largest absolute Gasteiger partial charge is 0.357 e. The number of aliphatic imine (C=N–C) groups is 1. The van der Waals surface area contributed by atoms with Crippen molar-refractivity contribution >= 4 is 23.2 Å². The maximum Gasteiger partial charge on any atom is 0.241 e. The van der Waals surface area contributed by atoms with Crippen LogP contribution in [-0.4, -0.2) is 38.0 Å². The molecule has 0 saturated heterocycles. The lowest BCUT2D eigenvalue weighted by Gasteiger charge is -2.14. The third kappa shape index (κ3) is 6.06. The van der Waals surface area contributed by atoms with Gasteiger partial charge in [-0.05, 0) is 25.3 Å². The molecule has 1 unspecified atom stereocenters. The molecule has 1 aromatic rings. The number of nitrogens with zero attached hydrogens (tertiary/aromatic N) is 1. The summed E-state index contributed by atoms with van der Waals surface area (Å²) in [4.78, 5) is 17.0. The maximum absolute atomic E-state index is 11.4. The number of guanidine groups is 1. The first-order chi connectivity index (χ1) is 9.67. The van der Waals surface area contributed by atoms with E-state index in [9.17, 15) is 4.79 Å². The predicted octanol–water partition coefficient (Wildman–Crippen LogP) is 1.54. The van der Waals surface area contributed by atoms with Crippen LogP contribution in [0.25, 0.3) is 0 Å². The van der Waals surface area contributed by atoms with Crippen molar-refractivity contribution in [3.8, 4) is 0 Å². The zero-order valence-corrected chi connectivity index (χ0v) is 13.2. The molecule has 6 heteroatoms. The second-order valence-electron chi connectivity index (χ2n) is 4.45. The van der Waals surface area contributed by atoms with Gasteiger partial charge in [-0.3, -0.25) is 4.79 Å². The fourth-order valence-corrected chi connectivity index (χ4v) is 2.45. The average molecular weight is 296 g/mol. The smallest absolute Gasteiger partial charge is 0.241 e. The third-order valence-corrected chi connectivity index (χ3v) is 3.81. The molecule has 0 aliphatic heterocycles. The van der Waals surface area contributed by atoms with E-state index in [-0.39, 0.29) is 12.5 Å². The lowest BCUT2D eigenvalue weighted by Crippen LogP contribution is -2.40. The summed E-state index contributed by atoms with van der Waals surface area (Å²) in [6, 6.07) is 4.20. The van der Waals surface area contributed by atoms with Gasteiger partial charge in [0.1, 0.15) is 6.54 Å². The van der Waals surface area contributed by atoms with E-state index >= 15 is 0 Å². The number of hydrogen-bond acceptors (Lipinski definition) is 3. The van der Waals surface area contributed by atoms with Crippen LogP contribution in [0.15, 0.2) is 22.5 Å². The standard InChI is InChI=1S/C14H24N4OS/c1-4-15-13(19)10-18-14(16-5-2)17-9-11(3)12-7-6-8-20-12/h6-8,11H,4-5,9-10H2,1-3H3,(H,15,19)(H2,16,17,18). The van der Waals surface area contributed by atoms with E-state index in [4.69, 9.17) is 0 Å². The summed E-state index contributed by atoms with van der Waals surface area (Å²) >= 11 is 1.76. The summed E-state index contributed by atoms with van der Waals surface area (Å²) in [5.74, 6) is 1.04. The van der Waals surface area contributed by atoms with E-state index in [2.05, 4.69) is 45.4 Å². The van der Waals surface area contributed by atoms with Crippen LogP contribution in [0.2, 0.25) is 0 Å². The maximum atomic E-state index is 11.4. The first-order valence-corrected chi connectivity index (χ1v) is 7.87. The van der Waals surface area contributed by atoms with Crippen molar-refractivity contribution < 1.29 is 4.79 Å². The van der Waals surface area contributed by atoms with Gasteiger partial charge in [-0.25, -0.2) is 4.99 Å². The van der Waals surface area contributed by atoms with Gasteiger partial charge in [-0.15, -0.1) is 11.3 Å². The van der Waals surface area contributed by atoms with Crippen LogP contribution in [0, 0.1) is 0 Å². The summed E-state index contributed by atoms with van der Waals surface area (Å²) in [5, 5.41) is 11.2. The first kappa shape index (κ1) is 16.5. The van der Waals surface area contributed by atoms with Crippen molar-refractivity contribution in [2.75, 3.05) is 26.2 Å². The molecule has 1 amide bonds. The Morgan fingerprint density at radius 1 is 1.30 bits per heavy atom. The second kappa shape index (κ2) is 9.36. The molecule has 0 aliphatic rings. The Balaban J connectivity index is 2.45. The number of rotatable bonds is 7. The summed E-state index contributed by atoms with van der Waals surface area (Å²) in [6.45, 7) is 8.42. The number of carbonyl (C=O) groups excluding carboxylic acids is 1. The molecule has 20 heavy (non-hydrogen) atoms. The van der Waals surface area contributed by atoms with Gasteiger partial charge in [-0.2, -0.15) is 0 Å². The predicted molar refractivity (Wildman–Crippen MR) is 85.4 cm³/mol. The van der Waals surface area contributed by atoms with Gasteiger partial charge in [-0.1, -0.05) is 13.0 Å². The Hall–Kier alpha value is -1.56. The molecule has 1 rings (SSSR count). The lowest BCUT2D eigenvalue weighted by atomic mass is 10.1. The zero-order chi connectivity index (χ0) is 14.8. The van der Waals surface area contributed by atoms with Crippen LogP contribution < -0.4 is 16.0 Å². The summed E-state index contributed by atoms with van der Waals surface area (Å²) < 4.78 is 0. The molecule has 112 valence electrons. The summed E-state index contributed by atoms with van der Waals surface area (Å²) in [6.07, 6.45) is 0. The van der Waals surface area contributed by atoms with E-state index in [1.54, 1.807) is 11.3 Å². The first-order valence-electron chi connectivity index (χ1n) is 6.99. The molecular formula is C14H24N4OS. The molecule has 1 heterocycles. The Morgan fingerprint density at radius 3 is 2.65 bits per heavy atom. The van der Waals surface area contributed by atoms with Gasteiger partial charge in [0.15, 0.2) is 5.96 Å². The van der Waals surface area contributed by atoms with Gasteiger partial charge in [0, 0.05) is 30.4 Å². The molecule has 5 nitrogen and oxygen atoms in total. The molecular weight excluding hydrogens is 272 g/mol. The number of hydrogen-bond donors (Lipinski definition) is 3. The molecule has 1 atom stereocenters. The Labute approximate surface area is 124 Å². The highest BCUT2D eigenvalue weighted by Gasteiger charge is 2.07. The van der Waals surface area contributed by atoms with Crippen molar-refractivity contribution in [3.63, 3.8) is 0 Å². The fraction of sp³-hybridized carbons (Fsp3) is 0.571. The second-order valence-corrected chi connectivity index (χ2v) is 5.43. The normalized spacial score (nSPS) is 12.8. The summed E-state index contributed by atoms with van der Waals surface area (Å²) in [7, 11) is 0. The SMILES string of the molecule is CCNC(=O)CN=C(NCC)NCC(C)c1cccs1. The Kier molecular flexibility index (Phi) is 7.72. The van der Waals surface area contributed by atoms with Gasteiger partial charge in [0.05, 0.1) is 0 Å². The topological polar surface area (TPSA) is 65.5 Å². The molecule has 1 aromatic heterocycles. The molecule has 0 fully saturated rings. The average Bonchev–Trinajstić information content (AvgIpc) is 2.96. The monoisotopic (exact) mass is 296 g/mol. The molecule has 0 saturated carbocycles. The highest BCUT2D eigenvalue weighted by molar-refractivity contribution is 7.10. The van der Waals surface area contributed by atoms with Crippen LogP contribution >= 0.6 is 11.3 Å². The highest BCUT2D eigenvalue weighted by atomic mass is 32.1. The number of nitrogens with one attached hydrogen (secondary N) is 3. The molecule has 0 bridgehead atoms. The minimum Gasteiger partial charge on any atom is -0.357 e. The minimum absolute atomic E-state index is 0.0593. The zero-order valence-electron chi connectivity index (χ0n) is 12.4. The fourth-order valence-electron chi connectivity index (χ4n) is 1.67. The van der Waals surface area contributed by atoms with E-state index in [0.717, 1.165) is 13.1 Å². The highest BCUT2D eigenvalue weighted by Crippen LogP contribution is 2.19. The number of amides is 1. The van der Waals surface area contributed by atoms with Crippen LogP contribution in [0.1, 0.15) is 31.6 Å². The van der Waals surface area contributed by atoms with Gasteiger partial charge >= 0.3 is 0 Å². The quantitative estimate of drug-likeness (QED) is 0.528. The number of likely N-dealkylation sites (N-methyl/N-ethyl adjacent to an activating group) is 1. The van der Waals surface area contributed by atoms with E-state index in [1.807, 2.05) is 13.8 Å². The lowest BCUT2D eigenvalue weighted by molar-refractivity contribution is -0.119. The number of carbonyl (C=O) groups is 1. The van der Waals surface area contributed by atoms with Gasteiger partial charge in [0.2, 0.25) is 5.91 Å². The van der Waals surface area contributed by atoms with Crippen molar-refractivity contribution in [2.45, 2.75) is 26.7 Å². The molecule has 0 spiro atoms. The Morgan fingerprint density at radius 2 is 2.05 bits per heavy atom. The van der Waals surface area contributed by atoms with Crippen molar-refractivity contribution in [3.05, 3.63) is 22.4 Å².